The Morgan fingerprint density at radius 3 is 2.55 bits per heavy atom. The second kappa shape index (κ2) is 5.13. The van der Waals surface area contributed by atoms with Crippen molar-refractivity contribution in [3.8, 4) is 0 Å². The molecule has 110 valence electrons. The predicted octanol–water partition coefficient (Wildman–Crippen LogP) is -2.94. The average Bonchev–Trinajstić information content (AvgIpc) is 2.66. The first-order valence-electron chi connectivity index (χ1n) is 5.49. The van der Waals surface area contributed by atoms with Gasteiger partial charge in [-0.3, -0.25) is 24.5 Å². The van der Waals surface area contributed by atoms with E-state index in [-0.39, 0.29) is 0 Å². The summed E-state index contributed by atoms with van der Waals surface area (Å²) >= 11 is 0. The van der Waals surface area contributed by atoms with Crippen molar-refractivity contribution < 1.29 is 25.0 Å². The maximum atomic E-state index is 11.6. The van der Waals surface area contributed by atoms with Gasteiger partial charge in [0.05, 0.1) is 17.7 Å². The van der Waals surface area contributed by atoms with Gasteiger partial charge in [-0.05, 0) is 0 Å². The minimum Gasteiger partial charge on any atom is -0.394 e. The molecule has 20 heavy (non-hydrogen) atoms. The fraction of sp³-hybridized carbons (Fsp3) is 0.556. The van der Waals surface area contributed by atoms with Crippen LogP contribution in [0.25, 0.3) is 0 Å². The summed E-state index contributed by atoms with van der Waals surface area (Å²) in [6, 6.07) is 0. The van der Waals surface area contributed by atoms with E-state index in [2.05, 4.69) is 0 Å². The average molecular weight is 289 g/mol. The lowest BCUT2D eigenvalue weighted by Gasteiger charge is -2.16. The summed E-state index contributed by atoms with van der Waals surface area (Å²) in [5.41, 5.74) is -3.15. The molecule has 2 rings (SSSR count). The van der Waals surface area contributed by atoms with Crippen molar-refractivity contribution in [2.24, 2.45) is 0 Å². The van der Waals surface area contributed by atoms with Gasteiger partial charge in [0, 0.05) is 0 Å². The molecule has 1 aromatic heterocycles. The van der Waals surface area contributed by atoms with Gasteiger partial charge < -0.3 is 20.1 Å². The van der Waals surface area contributed by atoms with Crippen LogP contribution in [0.2, 0.25) is 0 Å². The molecule has 0 aliphatic carbocycles. The molecule has 0 radical (unpaired) electrons. The molecule has 4 atom stereocenters. The molecule has 0 saturated carbocycles. The van der Waals surface area contributed by atoms with Crippen LogP contribution in [0.4, 0.5) is 5.69 Å². The van der Waals surface area contributed by atoms with Gasteiger partial charge in [-0.15, -0.1) is 0 Å². The van der Waals surface area contributed by atoms with Crippen LogP contribution in [0.5, 0.6) is 0 Å². The van der Waals surface area contributed by atoms with Crippen LogP contribution in [0.15, 0.2) is 15.8 Å². The Kier molecular flexibility index (Phi) is 3.67. The standard InChI is InChI=1S/C9H11N3O8/c13-2-4-5(14)6(15)8(20-4)11-1-3(12(18)19)7(16)10-9(11)17/h1,4-6,8,13-15H,2H2,(H,10,16,17)/t4-,5-,6+,8?/m1/s1. The predicted molar refractivity (Wildman–Crippen MR) is 61.0 cm³/mol. The number of nitrogens with one attached hydrogen (secondary N) is 1. The quantitative estimate of drug-likeness (QED) is 0.338. The Morgan fingerprint density at radius 2 is 2.05 bits per heavy atom. The monoisotopic (exact) mass is 289 g/mol. The number of nitrogens with zero attached hydrogens (tertiary/aromatic N) is 2. The molecule has 1 unspecified atom stereocenters. The minimum absolute atomic E-state index is 0.586. The topological polar surface area (TPSA) is 168 Å². The number of hydrogen-bond acceptors (Lipinski definition) is 8. The molecule has 1 aliphatic rings. The van der Waals surface area contributed by atoms with Gasteiger partial charge in [0.25, 0.3) is 0 Å². The first-order valence-corrected chi connectivity index (χ1v) is 5.49. The lowest BCUT2D eigenvalue weighted by molar-refractivity contribution is -0.387. The van der Waals surface area contributed by atoms with Crippen molar-refractivity contribution in [2.45, 2.75) is 24.5 Å². The number of ether oxygens (including phenoxy) is 1. The summed E-state index contributed by atoms with van der Waals surface area (Å²) in [7, 11) is 0. The first-order chi connectivity index (χ1) is 9.36. The third-order valence-corrected chi connectivity index (χ3v) is 2.94. The van der Waals surface area contributed by atoms with E-state index in [1.807, 2.05) is 0 Å². The highest BCUT2D eigenvalue weighted by Crippen LogP contribution is 2.28. The van der Waals surface area contributed by atoms with E-state index >= 15 is 0 Å². The summed E-state index contributed by atoms with van der Waals surface area (Å²) in [6.45, 7) is -0.616. The van der Waals surface area contributed by atoms with E-state index in [9.17, 15) is 29.9 Å². The summed E-state index contributed by atoms with van der Waals surface area (Å²) in [5, 5.41) is 38.9. The lowest BCUT2D eigenvalue weighted by Crippen LogP contribution is -2.38. The Balaban J connectivity index is 2.48. The molecule has 4 N–H and O–H groups in total. The van der Waals surface area contributed by atoms with Crippen LogP contribution >= 0.6 is 0 Å². The molecule has 1 aromatic rings. The molecule has 1 aliphatic heterocycles. The van der Waals surface area contributed by atoms with Gasteiger partial charge in [0.15, 0.2) is 6.23 Å². The van der Waals surface area contributed by atoms with Crippen molar-refractivity contribution >= 4 is 5.69 Å². The summed E-state index contributed by atoms with van der Waals surface area (Å²) in [6.07, 6.45) is -5.04. The molecule has 0 spiro atoms. The molecule has 11 nitrogen and oxygen atoms in total. The van der Waals surface area contributed by atoms with Crippen LogP contribution < -0.4 is 11.2 Å². The summed E-state index contributed by atoms with van der Waals surface area (Å²) in [5.74, 6) is 0. The SMILES string of the molecule is O=c1[nH]c(=O)n(C2O[C@H](CO)[C@@H](O)[C@@H]2O)cc1[N+](=O)[O-]. The fourth-order valence-electron chi connectivity index (χ4n) is 1.90. The van der Waals surface area contributed by atoms with Crippen LogP contribution in [0, 0.1) is 10.1 Å². The number of rotatable bonds is 3. The Morgan fingerprint density at radius 1 is 1.40 bits per heavy atom. The number of aromatic nitrogens is 2. The third-order valence-electron chi connectivity index (χ3n) is 2.94. The van der Waals surface area contributed by atoms with E-state index in [0.717, 1.165) is 0 Å². The molecule has 1 saturated heterocycles. The van der Waals surface area contributed by atoms with Gasteiger partial charge in [0.1, 0.15) is 18.3 Å². The van der Waals surface area contributed by atoms with Crippen LogP contribution in [0.3, 0.4) is 0 Å². The molecule has 2 heterocycles. The van der Waals surface area contributed by atoms with Crippen molar-refractivity contribution in [3.05, 3.63) is 37.1 Å². The third kappa shape index (κ3) is 2.22. The van der Waals surface area contributed by atoms with Crippen molar-refractivity contribution in [1.29, 1.82) is 0 Å². The smallest absolute Gasteiger partial charge is 0.350 e. The number of aliphatic hydroxyl groups excluding tert-OH is 3. The molecule has 1 fully saturated rings. The van der Waals surface area contributed by atoms with Gasteiger partial charge >= 0.3 is 16.9 Å². The molecular formula is C9H11N3O8. The largest absolute Gasteiger partial charge is 0.394 e. The lowest BCUT2D eigenvalue weighted by atomic mass is 10.1. The van der Waals surface area contributed by atoms with Gasteiger partial charge in [-0.2, -0.15) is 0 Å². The van der Waals surface area contributed by atoms with Crippen molar-refractivity contribution in [3.63, 3.8) is 0 Å². The van der Waals surface area contributed by atoms with E-state index in [1.165, 1.54) is 0 Å². The number of nitro groups is 1. The Bertz CT molecular complexity index is 637. The second-order valence-corrected chi connectivity index (χ2v) is 4.17. The van der Waals surface area contributed by atoms with E-state index < -0.39 is 53.0 Å². The molecule has 0 amide bonds. The van der Waals surface area contributed by atoms with Gasteiger partial charge in [-0.1, -0.05) is 0 Å². The van der Waals surface area contributed by atoms with Crippen molar-refractivity contribution in [2.75, 3.05) is 6.61 Å². The second-order valence-electron chi connectivity index (χ2n) is 4.17. The Hall–Kier alpha value is -2.08. The first kappa shape index (κ1) is 14.3. The van der Waals surface area contributed by atoms with E-state index in [1.54, 1.807) is 4.98 Å². The van der Waals surface area contributed by atoms with Crippen LogP contribution in [0.1, 0.15) is 6.23 Å². The van der Waals surface area contributed by atoms with Crippen LogP contribution in [-0.4, -0.2) is 54.7 Å². The normalized spacial score (nSPS) is 29.6. The number of H-pyrrole nitrogens is 1. The highest BCUT2D eigenvalue weighted by molar-refractivity contribution is 5.21. The maximum absolute atomic E-state index is 11.6. The number of aromatic amines is 1. The molecule has 11 heteroatoms. The van der Waals surface area contributed by atoms with Crippen molar-refractivity contribution in [1.82, 2.24) is 9.55 Å². The Labute approximate surface area is 109 Å². The van der Waals surface area contributed by atoms with E-state index in [4.69, 9.17) is 9.84 Å². The van der Waals surface area contributed by atoms with Crippen LogP contribution in [-0.2, 0) is 4.74 Å². The van der Waals surface area contributed by atoms with Gasteiger partial charge in [-0.25, -0.2) is 4.79 Å². The summed E-state index contributed by atoms with van der Waals surface area (Å²) in [4.78, 5) is 34.2. The van der Waals surface area contributed by atoms with Gasteiger partial charge in [0.2, 0.25) is 0 Å². The molecule has 0 aromatic carbocycles. The zero-order valence-corrected chi connectivity index (χ0v) is 9.87. The molecular weight excluding hydrogens is 278 g/mol. The molecule has 0 bridgehead atoms. The zero-order valence-electron chi connectivity index (χ0n) is 9.87. The van der Waals surface area contributed by atoms with E-state index in [0.29, 0.717) is 10.8 Å². The zero-order chi connectivity index (χ0) is 15.0. The highest BCUT2D eigenvalue weighted by atomic mass is 16.6. The maximum Gasteiger partial charge on any atom is 0.350 e. The number of aliphatic hydroxyl groups is 3. The highest BCUT2D eigenvalue weighted by Gasteiger charge is 2.44. The minimum atomic E-state index is -1.59. The number of hydrogen-bond donors (Lipinski definition) is 4. The fourth-order valence-corrected chi connectivity index (χ4v) is 1.90. The summed E-state index contributed by atoms with van der Waals surface area (Å²) < 4.78 is 5.63.